The van der Waals surface area contributed by atoms with Gasteiger partial charge in [0.2, 0.25) is 0 Å². The van der Waals surface area contributed by atoms with E-state index < -0.39 is 37.3 Å². The standard InChI is InChI=1S/C9H14O6/c1-2-3-14-9-8(13)7(12)6(11)5(4-10)15-9/h1,5-13H,3-4H2/t5-,6-,7+,8-,9?/m1/s1. The highest BCUT2D eigenvalue weighted by molar-refractivity contribution is 4.90. The van der Waals surface area contributed by atoms with Gasteiger partial charge in [0.1, 0.15) is 31.0 Å². The molecule has 0 radical (unpaired) electrons. The van der Waals surface area contributed by atoms with Crippen molar-refractivity contribution in [3.05, 3.63) is 0 Å². The molecule has 4 N–H and O–H groups in total. The predicted octanol–water partition coefficient (Wildman–Crippen LogP) is -2.56. The van der Waals surface area contributed by atoms with Gasteiger partial charge in [0.05, 0.1) is 6.61 Å². The molecule has 0 spiro atoms. The summed E-state index contributed by atoms with van der Waals surface area (Å²) in [4.78, 5) is 0. The first-order valence-corrected chi connectivity index (χ1v) is 4.47. The Hall–Kier alpha value is -0.680. The lowest BCUT2D eigenvalue weighted by molar-refractivity contribution is -0.298. The van der Waals surface area contributed by atoms with E-state index in [-0.39, 0.29) is 6.61 Å². The van der Waals surface area contributed by atoms with Gasteiger partial charge < -0.3 is 29.9 Å². The second kappa shape index (κ2) is 5.42. The maximum atomic E-state index is 9.44. The van der Waals surface area contributed by atoms with E-state index in [1.165, 1.54) is 0 Å². The molecule has 15 heavy (non-hydrogen) atoms. The van der Waals surface area contributed by atoms with Crippen molar-refractivity contribution in [2.75, 3.05) is 13.2 Å². The zero-order chi connectivity index (χ0) is 11.4. The Morgan fingerprint density at radius 3 is 2.40 bits per heavy atom. The maximum Gasteiger partial charge on any atom is 0.187 e. The summed E-state index contributed by atoms with van der Waals surface area (Å²) < 4.78 is 9.91. The van der Waals surface area contributed by atoms with E-state index in [2.05, 4.69) is 5.92 Å². The molecule has 0 aromatic heterocycles. The third kappa shape index (κ3) is 2.66. The van der Waals surface area contributed by atoms with E-state index in [0.29, 0.717) is 0 Å². The third-order valence-corrected chi connectivity index (χ3v) is 2.18. The van der Waals surface area contributed by atoms with Crippen LogP contribution in [0.15, 0.2) is 0 Å². The molecule has 1 aliphatic rings. The van der Waals surface area contributed by atoms with Crippen LogP contribution in [0.25, 0.3) is 0 Å². The molecule has 1 fully saturated rings. The fraction of sp³-hybridized carbons (Fsp3) is 0.778. The summed E-state index contributed by atoms with van der Waals surface area (Å²) >= 11 is 0. The molecule has 6 nitrogen and oxygen atoms in total. The maximum absolute atomic E-state index is 9.44. The number of hydrogen-bond donors (Lipinski definition) is 4. The highest BCUT2D eigenvalue weighted by Gasteiger charge is 2.43. The third-order valence-electron chi connectivity index (χ3n) is 2.18. The van der Waals surface area contributed by atoms with E-state index in [4.69, 9.17) is 21.0 Å². The Morgan fingerprint density at radius 1 is 1.20 bits per heavy atom. The molecular weight excluding hydrogens is 204 g/mol. The molecule has 0 amide bonds. The van der Waals surface area contributed by atoms with Crippen LogP contribution >= 0.6 is 0 Å². The lowest BCUT2D eigenvalue weighted by atomic mass is 9.99. The number of terminal acetylenes is 1. The van der Waals surface area contributed by atoms with Crippen molar-refractivity contribution < 1.29 is 29.9 Å². The van der Waals surface area contributed by atoms with E-state index in [1.807, 2.05) is 0 Å². The molecule has 1 heterocycles. The van der Waals surface area contributed by atoms with Gasteiger partial charge in [-0.2, -0.15) is 0 Å². The van der Waals surface area contributed by atoms with E-state index in [0.717, 1.165) is 0 Å². The monoisotopic (exact) mass is 218 g/mol. The summed E-state index contributed by atoms with van der Waals surface area (Å²) in [5, 5.41) is 37.0. The molecule has 86 valence electrons. The zero-order valence-electron chi connectivity index (χ0n) is 7.98. The highest BCUT2D eigenvalue weighted by Crippen LogP contribution is 2.21. The smallest absolute Gasteiger partial charge is 0.187 e. The van der Waals surface area contributed by atoms with Crippen LogP contribution in [0.1, 0.15) is 0 Å². The van der Waals surface area contributed by atoms with E-state index in [1.54, 1.807) is 0 Å². The van der Waals surface area contributed by atoms with Gasteiger partial charge in [0, 0.05) is 0 Å². The van der Waals surface area contributed by atoms with Crippen LogP contribution in [0.5, 0.6) is 0 Å². The minimum absolute atomic E-state index is 0.0946. The van der Waals surface area contributed by atoms with Crippen molar-refractivity contribution in [3.63, 3.8) is 0 Å². The summed E-state index contributed by atoms with van der Waals surface area (Å²) in [6.45, 7) is -0.580. The van der Waals surface area contributed by atoms with Crippen molar-refractivity contribution in [1.29, 1.82) is 0 Å². The molecule has 0 aromatic carbocycles. The van der Waals surface area contributed by atoms with Crippen molar-refractivity contribution >= 4 is 0 Å². The molecule has 5 atom stereocenters. The first kappa shape index (κ1) is 12.4. The Balaban J connectivity index is 2.62. The van der Waals surface area contributed by atoms with Crippen LogP contribution in [0.3, 0.4) is 0 Å². The van der Waals surface area contributed by atoms with Crippen molar-refractivity contribution in [2.24, 2.45) is 0 Å². The summed E-state index contributed by atoms with van der Waals surface area (Å²) in [6, 6.07) is 0. The van der Waals surface area contributed by atoms with Gasteiger partial charge in [0.25, 0.3) is 0 Å². The van der Waals surface area contributed by atoms with Crippen LogP contribution in [0.2, 0.25) is 0 Å². The topological polar surface area (TPSA) is 99.4 Å². The summed E-state index contributed by atoms with van der Waals surface area (Å²) in [5.41, 5.74) is 0. The summed E-state index contributed by atoms with van der Waals surface area (Å²) in [7, 11) is 0. The first-order chi connectivity index (χ1) is 7.11. The lowest BCUT2D eigenvalue weighted by Crippen LogP contribution is -2.59. The molecular formula is C9H14O6. The average Bonchev–Trinajstić information content (AvgIpc) is 2.25. The van der Waals surface area contributed by atoms with E-state index in [9.17, 15) is 15.3 Å². The summed E-state index contributed by atoms with van der Waals surface area (Å²) in [6.07, 6.45) is -1.36. The number of aliphatic hydroxyl groups excluding tert-OH is 4. The van der Waals surface area contributed by atoms with Crippen LogP contribution < -0.4 is 0 Å². The highest BCUT2D eigenvalue weighted by atomic mass is 16.7. The van der Waals surface area contributed by atoms with Gasteiger partial charge in [-0.15, -0.1) is 6.42 Å². The van der Waals surface area contributed by atoms with Crippen LogP contribution in [0.4, 0.5) is 0 Å². The fourth-order valence-corrected chi connectivity index (χ4v) is 1.34. The minimum Gasteiger partial charge on any atom is -0.394 e. The van der Waals surface area contributed by atoms with Crippen molar-refractivity contribution in [3.8, 4) is 12.3 Å². The molecule has 0 saturated carbocycles. The van der Waals surface area contributed by atoms with Crippen molar-refractivity contribution in [2.45, 2.75) is 30.7 Å². The molecule has 1 rings (SSSR count). The van der Waals surface area contributed by atoms with Gasteiger partial charge in [0.15, 0.2) is 6.29 Å². The number of aliphatic hydroxyl groups is 4. The van der Waals surface area contributed by atoms with Gasteiger partial charge in [-0.05, 0) is 0 Å². The number of ether oxygens (including phenoxy) is 2. The van der Waals surface area contributed by atoms with Crippen LogP contribution in [-0.4, -0.2) is 64.3 Å². The Morgan fingerprint density at radius 2 is 1.87 bits per heavy atom. The number of rotatable bonds is 3. The number of hydrogen-bond acceptors (Lipinski definition) is 6. The SMILES string of the molecule is C#CCOC1O[C@H](CO)[C@@H](O)[C@H](O)[C@H]1O. The van der Waals surface area contributed by atoms with Crippen molar-refractivity contribution in [1.82, 2.24) is 0 Å². The first-order valence-electron chi connectivity index (χ1n) is 4.47. The Kier molecular flexibility index (Phi) is 4.47. The van der Waals surface area contributed by atoms with E-state index >= 15 is 0 Å². The Bertz CT molecular complexity index is 235. The molecule has 6 heteroatoms. The summed E-state index contributed by atoms with van der Waals surface area (Å²) in [5.74, 6) is 2.17. The Labute approximate surface area is 87.1 Å². The molecule has 0 bridgehead atoms. The lowest BCUT2D eigenvalue weighted by Gasteiger charge is -2.39. The second-order valence-electron chi connectivity index (χ2n) is 3.21. The van der Waals surface area contributed by atoms with Gasteiger partial charge >= 0.3 is 0 Å². The molecule has 1 unspecified atom stereocenters. The zero-order valence-corrected chi connectivity index (χ0v) is 7.98. The van der Waals surface area contributed by atoms with Crippen LogP contribution in [0, 0.1) is 12.3 Å². The van der Waals surface area contributed by atoms with Gasteiger partial charge in [-0.1, -0.05) is 5.92 Å². The van der Waals surface area contributed by atoms with Gasteiger partial charge in [-0.25, -0.2) is 0 Å². The molecule has 1 saturated heterocycles. The fourth-order valence-electron chi connectivity index (χ4n) is 1.34. The predicted molar refractivity (Wildman–Crippen MR) is 48.6 cm³/mol. The second-order valence-corrected chi connectivity index (χ2v) is 3.21. The molecule has 1 aliphatic heterocycles. The molecule has 0 aromatic rings. The molecule has 0 aliphatic carbocycles. The quantitative estimate of drug-likeness (QED) is 0.389. The van der Waals surface area contributed by atoms with Gasteiger partial charge in [-0.3, -0.25) is 0 Å². The van der Waals surface area contributed by atoms with Crippen LogP contribution in [-0.2, 0) is 9.47 Å². The normalized spacial score (nSPS) is 41.1. The average molecular weight is 218 g/mol. The largest absolute Gasteiger partial charge is 0.394 e. The minimum atomic E-state index is -1.43.